The molecule has 0 aliphatic carbocycles. The minimum Gasteiger partial charge on any atom is -0.365 e. The lowest BCUT2D eigenvalue weighted by Gasteiger charge is -2.15. The summed E-state index contributed by atoms with van der Waals surface area (Å²) in [5, 5.41) is 12.4. The van der Waals surface area contributed by atoms with Crippen molar-refractivity contribution in [2.75, 3.05) is 5.32 Å². The summed E-state index contributed by atoms with van der Waals surface area (Å²) in [6, 6.07) is 13.9. The zero-order valence-corrected chi connectivity index (χ0v) is 11.9. The summed E-state index contributed by atoms with van der Waals surface area (Å²) in [5.41, 5.74) is 2.11. The van der Waals surface area contributed by atoms with Crippen LogP contribution in [0, 0.1) is 24.1 Å². The van der Waals surface area contributed by atoms with E-state index in [-0.39, 0.29) is 5.82 Å². The molecule has 2 nitrogen and oxygen atoms in total. The van der Waals surface area contributed by atoms with Gasteiger partial charge in [0.25, 0.3) is 0 Å². The number of nitrogens with zero attached hydrogens (tertiary/aromatic N) is 1. The van der Waals surface area contributed by atoms with Gasteiger partial charge in [0.15, 0.2) is 0 Å². The van der Waals surface area contributed by atoms with E-state index in [1.165, 1.54) is 6.07 Å². The molecule has 0 aliphatic rings. The number of hydrogen-bond donors (Lipinski definition) is 1. The molecule has 96 valence electrons. The monoisotopic (exact) mass is 318 g/mol. The van der Waals surface area contributed by atoms with Gasteiger partial charge in [0.05, 0.1) is 6.07 Å². The van der Waals surface area contributed by atoms with Crippen LogP contribution in [0.1, 0.15) is 17.2 Å². The number of aryl methyl sites for hydroxylation is 1. The van der Waals surface area contributed by atoms with Gasteiger partial charge in [-0.1, -0.05) is 24.3 Å². The van der Waals surface area contributed by atoms with Crippen molar-refractivity contribution in [2.45, 2.75) is 13.0 Å². The number of para-hydroxylation sites is 1. The third-order valence-electron chi connectivity index (χ3n) is 2.82. The van der Waals surface area contributed by atoms with E-state index in [1.807, 2.05) is 24.3 Å². The Balaban J connectivity index is 2.28. The molecule has 0 fully saturated rings. The van der Waals surface area contributed by atoms with Gasteiger partial charge in [-0.3, -0.25) is 0 Å². The maximum atomic E-state index is 13.2. The number of hydrogen-bond acceptors (Lipinski definition) is 2. The molecule has 1 unspecified atom stereocenters. The fraction of sp³-hybridized carbons (Fsp3) is 0.133. The van der Waals surface area contributed by atoms with Crippen molar-refractivity contribution >= 4 is 21.6 Å². The Morgan fingerprint density at radius 2 is 2.00 bits per heavy atom. The van der Waals surface area contributed by atoms with Crippen molar-refractivity contribution in [3.05, 3.63) is 63.9 Å². The first kappa shape index (κ1) is 13.6. The van der Waals surface area contributed by atoms with Crippen LogP contribution >= 0.6 is 15.9 Å². The lowest BCUT2D eigenvalue weighted by atomic mass is 10.0. The lowest BCUT2D eigenvalue weighted by Crippen LogP contribution is -2.09. The average Bonchev–Trinajstić information content (AvgIpc) is 2.41. The van der Waals surface area contributed by atoms with Crippen LogP contribution in [-0.2, 0) is 0 Å². The third kappa shape index (κ3) is 3.12. The molecule has 0 radical (unpaired) electrons. The molecule has 0 bridgehead atoms. The van der Waals surface area contributed by atoms with Gasteiger partial charge < -0.3 is 5.32 Å². The third-order valence-corrected chi connectivity index (χ3v) is 3.51. The van der Waals surface area contributed by atoms with Crippen LogP contribution in [0.2, 0.25) is 0 Å². The SMILES string of the molecule is Cc1cc(C(C#N)Nc2ccccc2Br)ccc1F. The van der Waals surface area contributed by atoms with Crippen molar-refractivity contribution in [3.63, 3.8) is 0 Å². The maximum Gasteiger partial charge on any atom is 0.140 e. The second-order valence-electron chi connectivity index (χ2n) is 4.19. The largest absolute Gasteiger partial charge is 0.365 e. The molecule has 2 aromatic rings. The second-order valence-corrected chi connectivity index (χ2v) is 5.05. The molecular weight excluding hydrogens is 307 g/mol. The highest BCUT2D eigenvalue weighted by Gasteiger charge is 2.12. The predicted octanol–water partition coefficient (Wildman–Crippen LogP) is 4.57. The summed E-state index contributed by atoms with van der Waals surface area (Å²) in [5.74, 6) is -0.263. The molecule has 0 aliphatic heterocycles. The molecule has 0 aromatic heterocycles. The Morgan fingerprint density at radius 1 is 1.26 bits per heavy atom. The number of nitrogens with one attached hydrogen (secondary N) is 1. The highest BCUT2D eigenvalue weighted by atomic mass is 79.9. The highest BCUT2D eigenvalue weighted by Crippen LogP contribution is 2.26. The summed E-state index contributed by atoms with van der Waals surface area (Å²) in [4.78, 5) is 0. The van der Waals surface area contributed by atoms with E-state index in [0.29, 0.717) is 5.56 Å². The molecule has 0 heterocycles. The molecule has 2 aromatic carbocycles. The second kappa shape index (κ2) is 5.85. The van der Waals surface area contributed by atoms with E-state index in [4.69, 9.17) is 0 Å². The first-order valence-electron chi connectivity index (χ1n) is 5.78. The highest BCUT2D eigenvalue weighted by molar-refractivity contribution is 9.10. The maximum absolute atomic E-state index is 13.2. The summed E-state index contributed by atoms with van der Waals surface area (Å²) in [7, 11) is 0. The zero-order valence-electron chi connectivity index (χ0n) is 10.3. The fourth-order valence-electron chi connectivity index (χ4n) is 1.77. The summed E-state index contributed by atoms with van der Waals surface area (Å²) in [6.07, 6.45) is 0. The molecular formula is C15H12BrFN2. The summed E-state index contributed by atoms with van der Waals surface area (Å²) in [6.45, 7) is 1.69. The van der Waals surface area contributed by atoms with Gasteiger partial charge in [0, 0.05) is 10.2 Å². The standard InChI is InChI=1S/C15H12BrFN2/c1-10-8-11(6-7-13(10)17)15(9-18)19-14-5-3-2-4-12(14)16/h2-8,15,19H,1H3. The van der Waals surface area contributed by atoms with E-state index in [9.17, 15) is 9.65 Å². The lowest BCUT2D eigenvalue weighted by molar-refractivity contribution is 0.617. The van der Waals surface area contributed by atoms with Crippen LogP contribution in [-0.4, -0.2) is 0 Å². The van der Waals surface area contributed by atoms with Gasteiger partial charge in [-0.15, -0.1) is 0 Å². The van der Waals surface area contributed by atoms with Crippen molar-refractivity contribution in [1.82, 2.24) is 0 Å². The molecule has 1 N–H and O–H groups in total. The van der Waals surface area contributed by atoms with Crippen molar-refractivity contribution in [1.29, 1.82) is 5.26 Å². The van der Waals surface area contributed by atoms with Crippen LogP contribution in [0.15, 0.2) is 46.9 Å². The Labute approximate surface area is 120 Å². The van der Waals surface area contributed by atoms with Gasteiger partial charge in [-0.2, -0.15) is 5.26 Å². The molecule has 2 rings (SSSR count). The normalized spacial score (nSPS) is 11.7. The van der Waals surface area contributed by atoms with Crippen molar-refractivity contribution in [3.8, 4) is 6.07 Å². The number of benzene rings is 2. The predicted molar refractivity (Wildman–Crippen MR) is 77.3 cm³/mol. The average molecular weight is 319 g/mol. The molecule has 1 atom stereocenters. The van der Waals surface area contributed by atoms with E-state index < -0.39 is 6.04 Å². The first-order valence-corrected chi connectivity index (χ1v) is 6.58. The topological polar surface area (TPSA) is 35.8 Å². The Morgan fingerprint density at radius 3 is 2.63 bits per heavy atom. The minimum atomic E-state index is -0.516. The molecule has 0 saturated heterocycles. The molecule has 4 heteroatoms. The smallest absolute Gasteiger partial charge is 0.140 e. The number of nitriles is 1. The van der Waals surface area contributed by atoms with Crippen LogP contribution in [0.4, 0.5) is 10.1 Å². The zero-order chi connectivity index (χ0) is 13.8. The summed E-state index contributed by atoms with van der Waals surface area (Å²) < 4.78 is 14.1. The van der Waals surface area contributed by atoms with Gasteiger partial charge >= 0.3 is 0 Å². The molecule has 0 spiro atoms. The fourth-order valence-corrected chi connectivity index (χ4v) is 2.17. The Hall–Kier alpha value is -1.86. The first-order chi connectivity index (χ1) is 9.11. The molecule has 0 saturated carbocycles. The van der Waals surface area contributed by atoms with Crippen LogP contribution in [0.5, 0.6) is 0 Å². The minimum absolute atomic E-state index is 0.263. The van der Waals surface area contributed by atoms with E-state index >= 15 is 0 Å². The van der Waals surface area contributed by atoms with Gasteiger partial charge in [-0.25, -0.2) is 4.39 Å². The van der Waals surface area contributed by atoms with Crippen molar-refractivity contribution in [2.24, 2.45) is 0 Å². The molecule has 19 heavy (non-hydrogen) atoms. The van der Waals surface area contributed by atoms with Crippen LogP contribution in [0.25, 0.3) is 0 Å². The Bertz CT molecular complexity index is 634. The van der Waals surface area contributed by atoms with Gasteiger partial charge in [0.1, 0.15) is 11.9 Å². The molecule has 0 amide bonds. The van der Waals surface area contributed by atoms with Gasteiger partial charge in [0.2, 0.25) is 0 Å². The van der Waals surface area contributed by atoms with E-state index in [2.05, 4.69) is 27.3 Å². The summed E-state index contributed by atoms with van der Waals surface area (Å²) >= 11 is 3.42. The quantitative estimate of drug-likeness (QED) is 0.899. The van der Waals surface area contributed by atoms with Crippen molar-refractivity contribution < 1.29 is 4.39 Å². The van der Waals surface area contributed by atoms with Crippen LogP contribution < -0.4 is 5.32 Å². The van der Waals surface area contributed by atoms with Crippen LogP contribution in [0.3, 0.4) is 0 Å². The number of halogens is 2. The number of rotatable bonds is 3. The number of anilines is 1. The van der Waals surface area contributed by atoms with E-state index in [1.54, 1.807) is 19.1 Å². The van der Waals surface area contributed by atoms with Gasteiger partial charge in [-0.05, 0) is 52.2 Å². The van der Waals surface area contributed by atoms with E-state index in [0.717, 1.165) is 15.7 Å². The Kier molecular flexibility index (Phi) is 4.18.